The molecule has 0 radical (unpaired) electrons. The molecule has 8 nitrogen and oxygen atoms in total. The van der Waals surface area contributed by atoms with Gasteiger partial charge in [0.25, 0.3) is 17.0 Å². The second kappa shape index (κ2) is 6.71. The summed E-state index contributed by atoms with van der Waals surface area (Å²) in [5, 5.41) is 2.76. The van der Waals surface area contributed by atoms with Gasteiger partial charge in [0, 0.05) is 33.8 Å². The van der Waals surface area contributed by atoms with E-state index in [1.807, 2.05) is 31.2 Å². The summed E-state index contributed by atoms with van der Waals surface area (Å²) in [6.07, 6.45) is 0. The number of rotatable bonds is 3. The highest BCUT2D eigenvalue weighted by Crippen LogP contribution is 2.11. The lowest BCUT2D eigenvalue weighted by molar-refractivity contribution is 0.0952. The fourth-order valence-corrected chi connectivity index (χ4v) is 3.02. The highest BCUT2D eigenvalue weighted by Gasteiger charge is 2.20. The van der Waals surface area contributed by atoms with Gasteiger partial charge in [0.1, 0.15) is 5.65 Å². The molecule has 0 unspecified atom stereocenters. The first-order valence-corrected chi connectivity index (χ1v) is 8.36. The van der Waals surface area contributed by atoms with E-state index in [0.717, 1.165) is 21.8 Å². The van der Waals surface area contributed by atoms with Gasteiger partial charge in [-0.1, -0.05) is 29.8 Å². The van der Waals surface area contributed by atoms with E-state index in [1.54, 1.807) is 0 Å². The molecule has 1 amide bonds. The summed E-state index contributed by atoms with van der Waals surface area (Å²) in [6, 6.07) is 8.76. The van der Waals surface area contributed by atoms with Crippen molar-refractivity contribution in [1.29, 1.82) is 0 Å². The highest BCUT2D eigenvalue weighted by molar-refractivity contribution is 6.05. The van der Waals surface area contributed by atoms with Crippen molar-refractivity contribution in [3.63, 3.8) is 0 Å². The fourth-order valence-electron chi connectivity index (χ4n) is 3.02. The molecule has 1 N–H and O–H groups in total. The van der Waals surface area contributed by atoms with Gasteiger partial charge in [-0.25, -0.2) is 4.79 Å². The van der Waals surface area contributed by atoms with E-state index < -0.39 is 22.7 Å². The van der Waals surface area contributed by atoms with Crippen LogP contribution in [0.4, 0.5) is 0 Å². The number of fused-ring (bicyclic) bond motifs is 1. The van der Waals surface area contributed by atoms with Crippen molar-refractivity contribution in [1.82, 2.24) is 19.0 Å². The van der Waals surface area contributed by atoms with Gasteiger partial charge in [-0.15, -0.1) is 0 Å². The molecule has 3 rings (SSSR count). The molecule has 0 spiro atoms. The molecule has 2 aromatic heterocycles. The molecule has 0 aliphatic carbocycles. The van der Waals surface area contributed by atoms with Gasteiger partial charge in [0.05, 0.1) is 10.9 Å². The Bertz CT molecular complexity index is 1230. The number of amides is 1. The average Bonchev–Trinajstić information content (AvgIpc) is 2.65. The van der Waals surface area contributed by atoms with Crippen LogP contribution in [-0.2, 0) is 27.7 Å². The molecule has 0 aliphatic heterocycles. The second-order valence-corrected chi connectivity index (χ2v) is 6.53. The molecular weight excluding hydrogens is 348 g/mol. The monoisotopic (exact) mass is 368 g/mol. The maximum absolute atomic E-state index is 12.7. The third-order valence-corrected chi connectivity index (χ3v) is 4.64. The van der Waals surface area contributed by atoms with E-state index in [9.17, 15) is 19.2 Å². The Morgan fingerprint density at radius 2 is 1.59 bits per heavy atom. The molecular formula is C19H20N4O4. The van der Waals surface area contributed by atoms with Crippen molar-refractivity contribution in [2.45, 2.75) is 13.5 Å². The third-order valence-electron chi connectivity index (χ3n) is 4.64. The average molecular weight is 368 g/mol. The van der Waals surface area contributed by atoms with Crippen molar-refractivity contribution in [3.8, 4) is 0 Å². The summed E-state index contributed by atoms with van der Waals surface area (Å²) in [7, 11) is 4.25. The lowest BCUT2D eigenvalue weighted by Crippen LogP contribution is -2.41. The van der Waals surface area contributed by atoms with Crippen LogP contribution in [-0.4, -0.2) is 19.6 Å². The molecule has 3 aromatic rings. The number of hydrogen-bond acceptors (Lipinski definition) is 4. The topological polar surface area (TPSA) is 95.1 Å². The van der Waals surface area contributed by atoms with E-state index in [1.165, 1.54) is 30.3 Å². The van der Waals surface area contributed by atoms with Crippen LogP contribution >= 0.6 is 0 Å². The van der Waals surface area contributed by atoms with Crippen LogP contribution in [0, 0.1) is 6.92 Å². The minimum Gasteiger partial charge on any atom is -0.348 e. The van der Waals surface area contributed by atoms with E-state index in [2.05, 4.69) is 5.32 Å². The number of pyridine rings is 1. The Balaban J connectivity index is 2.14. The normalized spacial score (nSPS) is 11.0. The number of aromatic nitrogens is 3. The fraction of sp³-hybridized carbons (Fsp3) is 0.263. The Hall–Kier alpha value is -3.42. The molecule has 2 heterocycles. The van der Waals surface area contributed by atoms with Crippen LogP contribution in [0.2, 0.25) is 0 Å². The van der Waals surface area contributed by atoms with Crippen molar-refractivity contribution in [2.75, 3.05) is 0 Å². The number of aryl methyl sites for hydroxylation is 3. The van der Waals surface area contributed by atoms with Gasteiger partial charge >= 0.3 is 5.69 Å². The summed E-state index contributed by atoms with van der Waals surface area (Å²) < 4.78 is 3.30. The van der Waals surface area contributed by atoms with Crippen LogP contribution in [0.3, 0.4) is 0 Å². The first kappa shape index (κ1) is 18.4. The largest absolute Gasteiger partial charge is 0.348 e. The van der Waals surface area contributed by atoms with Crippen molar-refractivity contribution in [2.24, 2.45) is 21.1 Å². The summed E-state index contributed by atoms with van der Waals surface area (Å²) >= 11 is 0. The molecule has 0 aliphatic rings. The summed E-state index contributed by atoms with van der Waals surface area (Å²) in [4.78, 5) is 49.9. The zero-order chi connectivity index (χ0) is 19.9. The maximum atomic E-state index is 12.7. The van der Waals surface area contributed by atoms with Gasteiger partial charge < -0.3 is 5.32 Å². The van der Waals surface area contributed by atoms with Crippen molar-refractivity contribution in [3.05, 3.63) is 78.2 Å². The Morgan fingerprint density at radius 1 is 0.963 bits per heavy atom. The van der Waals surface area contributed by atoms with E-state index >= 15 is 0 Å². The van der Waals surface area contributed by atoms with Crippen molar-refractivity contribution < 1.29 is 4.79 Å². The van der Waals surface area contributed by atoms with E-state index in [4.69, 9.17) is 0 Å². The minimum absolute atomic E-state index is 0.0307. The molecule has 0 bridgehead atoms. The van der Waals surface area contributed by atoms with Gasteiger partial charge in [-0.3, -0.25) is 28.1 Å². The van der Waals surface area contributed by atoms with Crippen LogP contribution in [0.25, 0.3) is 11.0 Å². The van der Waals surface area contributed by atoms with Crippen LogP contribution in [0.5, 0.6) is 0 Å². The molecule has 0 saturated carbocycles. The van der Waals surface area contributed by atoms with Gasteiger partial charge in [0.15, 0.2) is 0 Å². The molecule has 0 atom stereocenters. The lowest BCUT2D eigenvalue weighted by atomic mass is 10.1. The smallest absolute Gasteiger partial charge is 0.332 e. The Morgan fingerprint density at radius 3 is 2.22 bits per heavy atom. The van der Waals surface area contributed by atoms with Crippen LogP contribution in [0.15, 0.2) is 44.7 Å². The van der Waals surface area contributed by atoms with Crippen LogP contribution < -0.4 is 22.1 Å². The second-order valence-electron chi connectivity index (χ2n) is 6.53. The molecule has 0 saturated heterocycles. The first-order valence-electron chi connectivity index (χ1n) is 8.36. The maximum Gasteiger partial charge on any atom is 0.332 e. The molecule has 0 fully saturated rings. The number of carbonyl (C=O) groups is 1. The highest BCUT2D eigenvalue weighted by atomic mass is 16.2. The minimum atomic E-state index is -0.621. The number of nitrogens with zero attached hydrogens (tertiary/aromatic N) is 3. The summed E-state index contributed by atoms with van der Waals surface area (Å²) in [6.45, 7) is 2.22. The van der Waals surface area contributed by atoms with Gasteiger partial charge in [0.2, 0.25) is 0 Å². The zero-order valence-corrected chi connectivity index (χ0v) is 15.6. The predicted molar refractivity (Wildman–Crippen MR) is 102 cm³/mol. The third kappa shape index (κ3) is 3.10. The Labute approximate surface area is 154 Å². The Kier molecular flexibility index (Phi) is 4.57. The van der Waals surface area contributed by atoms with E-state index in [-0.39, 0.29) is 23.1 Å². The molecule has 8 heteroatoms. The number of nitrogens with one attached hydrogen (secondary N) is 1. The number of benzene rings is 1. The quantitative estimate of drug-likeness (QED) is 0.713. The number of carbonyl (C=O) groups excluding carboxylic acids is 1. The summed E-state index contributed by atoms with van der Waals surface area (Å²) in [5.74, 6) is -0.547. The lowest BCUT2D eigenvalue weighted by Gasteiger charge is -2.14. The zero-order valence-electron chi connectivity index (χ0n) is 15.6. The van der Waals surface area contributed by atoms with Crippen LogP contribution in [0.1, 0.15) is 21.5 Å². The SMILES string of the molecule is Cc1ccc(CNC(=O)c2cc(=O)n(C)c3c2c(=O)n(C)c(=O)n3C)cc1. The van der Waals surface area contributed by atoms with Crippen molar-refractivity contribution >= 4 is 16.9 Å². The molecule has 140 valence electrons. The predicted octanol–water partition coefficient (Wildman–Crippen LogP) is 0.174. The summed E-state index contributed by atoms with van der Waals surface area (Å²) in [5.41, 5.74) is 0.386. The van der Waals surface area contributed by atoms with E-state index in [0.29, 0.717) is 0 Å². The van der Waals surface area contributed by atoms with Gasteiger partial charge in [-0.05, 0) is 12.5 Å². The molecule has 1 aromatic carbocycles. The molecule has 27 heavy (non-hydrogen) atoms. The first-order chi connectivity index (χ1) is 12.7. The standard InChI is InChI=1S/C19H20N4O4/c1-11-5-7-12(8-6-11)10-20-16(25)13-9-14(24)21(2)17-15(13)18(26)23(4)19(27)22(17)3/h5-9H,10H2,1-4H3,(H,20,25). The van der Waals surface area contributed by atoms with Gasteiger partial charge in [-0.2, -0.15) is 0 Å². The number of hydrogen-bond donors (Lipinski definition) is 1.